The lowest BCUT2D eigenvalue weighted by Crippen LogP contribution is -2.00. The number of aromatic hydroxyl groups is 1. The van der Waals surface area contributed by atoms with E-state index in [1.165, 1.54) is 16.9 Å². The topological polar surface area (TPSA) is 70.9 Å². The van der Waals surface area contributed by atoms with Gasteiger partial charge in [-0.2, -0.15) is 0 Å². The molecule has 0 saturated heterocycles. The van der Waals surface area contributed by atoms with E-state index in [0.29, 0.717) is 16.6 Å². The van der Waals surface area contributed by atoms with Crippen molar-refractivity contribution in [3.05, 3.63) is 46.6 Å². The molecule has 0 bridgehead atoms. The normalized spacial score (nSPS) is 10.8. The third kappa shape index (κ3) is 3.03. The molecule has 23 heavy (non-hydrogen) atoms. The number of aryl methyl sites for hydroxylation is 2. The number of benzene rings is 1. The summed E-state index contributed by atoms with van der Waals surface area (Å²) in [5.74, 6) is 0.940. The van der Waals surface area contributed by atoms with Crippen LogP contribution in [0, 0.1) is 27.7 Å². The van der Waals surface area contributed by atoms with Crippen LogP contribution in [0.3, 0.4) is 0 Å². The van der Waals surface area contributed by atoms with Gasteiger partial charge in [0.05, 0.1) is 5.69 Å². The molecular weight excluding hydrogens is 308 g/mol. The summed E-state index contributed by atoms with van der Waals surface area (Å²) in [6.45, 7) is 7.64. The molecule has 118 valence electrons. The quantitative estimate of drug-likeness (QED) is 0.751. The van der Waals surface area contributed by atoms with Gasteiger partial charge in [-0.3, -0.25) is 0 Å². The standard InChI is InChI=1S/C17H18N4OS/c1-9-5-7-13(8-6-9)16-20-21-17(23-16)19-15-11(3)10(2)14(22)12(4)18-15/h5-8,22H,1-4H3,(H,18,19,21). The van der Waals surface area contributed by atoms with Gasteiger partial charge < -0.3 is 10.4 Å². The van der Waals surface area contributed by atoms with Gasteiger partial charge >= 0.3 is 0 Å². The second-order valence-electron chi connectivity index (χ2n) is 5.55. The monoisotopic (exact) mass is 326 g/mol. The summed E-state index contributed by atoms with van der Waals surface area (Å²) in [5, 5.41) is 23.1. The van der Waals surface area contributed by atoms with E-state index >= 15 is 0 Å². The van der Waals surface area contributed by atoms with E-state index in [9.17, 15) is 5.11 Å². The molecule has 3 aromatic rings. The molecule has 0 aliphatic heterocycles. The van der Waals surface area contributed by atoms with E-state index in [2.05, 4.69) is 39.6 Å². The van der Waals surface area contributed by atoms with Gasteiger partial charge in [-0.15, -0.1) is 10.2 Å². The van der Waals surface area contributed by atoms with Crippen LogP contribution in [0.5, 0.6) is 5.75 Å². The minimum atomic E-state index is 0.241. The lowest BCUT2D eigenvalue weighted by atomic mass is 10.1. The van der Waals surface area contributed by atoms with Gasteiger partial charge in [0.15, 0.2) is 0 Å². The summed E-state index contributed by atoms with van der Waals surface area (Å²) in [7, 11) is 0. The average molecular weight is 326 g/mol. The van der Waals surface area contributed by atoms with Crippen molar-refractivity contribution in [1.29, 1.82) is 0 Å². The lowest BCUT2D eigenvalue weighted by Gasteiger charge is -2.11. The molecule has 0 aliphatic rings. The Morgan fingerprint density at radius 3 is 2.35 bits per heavy atom. The first-order valence-corrected chi connectivity index (χ1v) is 8.11. The number of aromatic nitrogens is 3. The van der Waals surface area contributed by atoms with Crippen molar-refractivity contribution < 1.29 is 5.11 Å². The molecule has 2 N–H and O–H groups in total. The summed E-state index contributed by atoms with van der Waals surface area (Å²) < 4.78 is 0. The number of nitrogens with zero attached hydrogens (tertiary/aromatic N) is 3. The van der Waals surface area contributed by atoms with Crippen molar-refractivity contribution in [3.63, 3.8) is 0 Å². The smallest absolute Gasteiger partial charge is 0.211 e. The van der Waals surface area contributed by atoms with Gasteiger partial charge in [0.2, 0.25) is 5.13 Å². The van der Waals surface area contributed by atoms with Crippen molar-refractivity contribution in [2.45, 2.75) is 27.7 Å². The molecule has 5 nitrogen and oxygen atoms in total. The summed E-state index contributed by atoms with van der Waals surface area (Å²) in [4.78, 5) is 4.40. The highest BCUT2D eigenvalue weighted by Crippen LogP contribution is 2.32. The van der Waals surface area contributed by atoms with E-state index in [1.807, 2.05) is 26.0 Å². The largest absolute Gasteiger partial charge is 0.506 e. The van der Waals surface area contributed by atoms with Crippen LogP contribution in [-0.4, -0.2) is 20.3 Å². The number of pyridine rings is 1. The fraction of sp³-hybridized carbons (Fsp3) is 0.235. The fourth-order valence-corrected chi connectivity index (χ4v) is 2.99. The Morgan fingerprint density at radius 1 is 0.957 bits per heavy atom. The zero-order chi connectivity index (χ0) is 16.6. The second kappa shape index (κ2) is 5.96. The predicted molar refractivity (Wildman–Crippen MR) is 93.5 cm³/mol. The molecule has 6 heteroatoms. The predicted octanol–water partition coefficient (Wildman–Crippen LogP) is 4.28. The van der Waals surface area contributed by atoms with Gasteiger partial charge in [-0.05, 0) is 38.8 Å². The highest BCUT2D eigenvalue weighted by molar-refractivity contribution is 7.18. The Labute approximate surface area is 139 Å². The molecule has 1 aromatic carbocycles. The maximum atomic E-state index is 9.94. The van der Waals surface area contributed by atoms with E-state index < -0.39 is 0 Å². The van der Waals surface area contributed by atoms with Gasteiger partial charge in [0, 0.05) is 5.56 Å². The zero-order valence-corrected chi connectivity index (χ0v) is 14.3. The maximum Gasteiger partial charge on any atom is 0.211 e. The van der Waals surface area contributed by atoms with E-state index in [0.717, 1.165) is 21.7 Å². The zero-order valence-electron chi connectivity index (χ0n) is 13.5. The van der Waals surface area contributed by atoms with Crippen molar-refractivity contribution in [2.24, 2.45) is 0 Å². The third-order valence-electron chi connectivity index (χ3n) is 3.84. The molecule has 0 saturated carbocycles. The van der Waals surface area contributed by atoms with Crippen LogP contribution < -0.4 is 5.32 Å². The van der Waals surface area contributed by atoms with Crippen molar-refractivity contribution >= 4 is 22.3 Å². The first-order chi connectivity index (χ1) is 11.0. The van der Waals surface area contributed by atoms with Crippen LogP contribution in [0.4, 0.5) is 10.9 Å². The molecule has 0 unspecified atom stereocenters. The van der Waals surface area contributed by atoms with E-state index in [1.54, 1.807) is 6.92 Å². The Kier molecular flexibility index (Phi) is 4.00. The first kappa shape index (κ1) is 15.4. The van der Waals surface area contributed by atoms with Crippen LogP contribution in [0.15, 0.2) is 24.3 Å². The molecule has 2 heterocycles. The van der Waals surface area contributed by atoms with Crippen LogP contribution in [0.1, 0.15) is 22.4 Å². The molecule has 0 spiro atoms. The van der Waals surface area contributed by atoms with Crippen LogP contribution in [0.25, 0.3) is 10.6 Å². The SMILES string of the molecule is Cc1ccc(-c2nnc(Nc3nc(C)c(O)c(C)c3C)s2)cc1. The molecule has 0 atom stereocenters. The van der Waals surface area contributed by atoms with E-state index in [-0.39, 0.29) is 5.75 Å². The van der Waals surface area contributed by atoms with Crippen molar-refractivity contribution in [3.8, 4) is 16.3 Å². The van der Waals surface area contributed by atoms with Gasteiger partial charge in [0.1, 0.15) is 16.6 Å². The van der Waals surface area contributed by atoms with E-state index in [4.69, 9.17) is 0 Å². The number of anilines is 2. The van der Waals surface area contributed by atoms with Gasteiger partial charge in [0.25, 0.3) is 0 Å². The summed E-state index contributed by atoms with van der Waals surface area (Å²) >= 11 is 1.48. The number of hydrogen-bond acceptors (Lipinski definition) is 6. The van der Waals surface area contributed by atoms with Crippen LogP contribution >= 0.6 is 11.3 Å². The van der Waals surface area contributed by atoms with Crippen LogP contribution in [-0.2, 0) is 0 Å². The first-order valence-electron chi connectivity index (χ1n) is 7.30. The second-order valence-corrected chi connectivity index (χ2v) is 6.53. The minimum absolute atomic E-state index is 0.241. The Morgan fingerprint density at radius 2 is 1.65 bits per heavy atom. The van der Waals surface area contributed by atoms with Crippen molar-refractivity contribution in [2.75, 3.05) is 5.32 Å². The lowest BCUT2D eigenvalue weighted by molar-refractivity contribution is 0.463. The fourth-order valence-electron chi connectivity index (χ4n) is 2.24. The molecular formula is C17H18N4OS. The summed E-state index contributed by atoms with van der Waals surface area (Å²) in [6, 6.07) is 8.19. The minimum Gasteiger partial charge on any atom is -0.506 e. The summed E-state index contributed by atoms with van der Waals surface area (Å²) in [6.07, 6.45) is 0. The Hall–Kier alpha value is -2.47. The van der Waals surface area contributed by atoms with Gasteiger partial charge in [-0.25, -0.2) is 4.98 Å². The molecule has 2 aromatic heterocycles. The van der Waals surface area contributed by atoms with Gasteiger partial charge in [-0.1, -0.05) is 41.2 Å². The number of nitrogens with one attached hydrogen (secondary N) is 1. The molecule has 0 fully saturated rings. The molecule has 0 radical (unpaired) electrons. The highest BCUT2D eigenvalue weighted by Gasteiger charge is 2.13. The molecule has 3 rings (SSSR count). The number of hydrogen-bond donors (Lipinski definition) is 2. The molecule has 0 amide bonds. The third-order valence-corrected chi connectivity index (χ3v) is 4.73. The Balaban J connectivity index is 1.89. The average Bonchev–Trinajstić information content (AvgIpc) is 3.00. The Bertz CT molecular complexity index is 856. The highest BCUT2D eigenvalue weighted by atomic mass is 32.1. The maximum absolute atomic E-state index is 9.94. The molecule has 0 aliphatic carbocycles. The van der Waals surface area contributed by atoms with Crippen molar-refractivity contribution in [1.82, 2.24) is 15.2 Å². The summed E-state index contributed by atoms with van der Waals surface area (Å²) in [5.41, 5.74) is 4.58. The number of rotatable bonds is 3. The van der Waals surface area contributed by atoms with Crippen LogP contribution in [0.2, 0.25) is 0 Å².